The number of sulfonamides is 1. The van der Waals surface area contributed by atoms with Crippen LogP contribution in [0, 0.1) is 0 Å². The number of benzene rings is 1. The van der Waals surface area contributed by atoms with E-state index in [1.165, 1.54) is 4.31 Å². The highest BCUT2D eigenvalue weighted by atomic mass is 32.2. The number of unbranched alkanes of at least 4 members (excludes halogenated alkanes) is 1. The van der Waals surface area contributed by atoms with Gasteiger partial charge in [0.25, 0.3) is 0 Å². The summed E-state index contributed by atoms with van der Waals surface area (Å²) in [5.74, 6) is 0.575. The maximum Gasteiger partial charge on any atom is 0.243 e. The summed E-state index contributed by atoms with van der Waals surface area (Å²) in [6, 6.07) is 7.03. The van der Waals surface area contributed by atoms with Gasteiger partial charge in [0, 0.05) is 31.4 Å². The summed E-state index contributed by atoms with van der Waals surface area (Å²) in [5.41, 5.74) is 2.29. The third-order valence-corrected chi connectivity index (χ3v) is 8.92. The van der Waals surface area contributed by atoms with E-state index in [0.717, 1.165) is 67.4 Å². The third-order valence-electron chi connectivity index (χ3n) is 7.01. The Hall–Kier alpha value is -2.60. The highest BCUT2D eigenvalue weighted by Gasteiger charge is 2.28. The number of fused-ring (bicyclic) bond motifs is 1. The van der Waals surface area contributed by atoms with Gasteiger partial charge in [0.15, 0.2) is 5.65 Å². The minimum atomic E-state index is -3.57. The molecule has 194 valence electrons. The molecule has 1 saturated carbocycles. The minimum absolute atomic E-state index is 0.143. The van der Waals surface area contributed by atoms with Crippen molar-refractivity contribution in [2.45, 2.75) is 62.5 Å². The topological polar surface area (TPSA) is 122 Å². The molecule has 5 rings (SSSR count). The summed E-state index contributed by atoms with van der Waals surface area (Å²) in [5, 5.41) is 19.1. The molecule has 0 radical (unpaired) electrons. The lowest BCUT2D eigenvalue weighted by Crippen LogP contribution is -2.40. The van der Waals surface area contributed by atoms with Crippen LogP contribution in [0.2, 0.25) is 0 Å². The molecule has 2 aliphatic rings. The molecule has 10 nitrogen and oxygen atoms in total. The van der Waals surface area contributed by atoms with E-state index in [1.54, 1.807) is 30.5 Å². The second kappa shape index (κ2) is 10.8. The van der Waals surface area contributed by atoms with Gasteiger partial charge in [-0.1, -0.05) is 25.5 Å². The van der Waals surface area contributed by atoms with Gasteiger partial charge < -0.3 is 15.2 Å². The SMILES string of the molecule is CCCCNc1ncc2c(-c3ccc(S(=O)(=O)N4CCOCC4)cc3)nn([C@H]3CC[C@@H](O)CC3)c2n1. The summed E-state index contributed by atoms with van der Waals surface area (Å²) in [4.78, 5) is 9.59. The Bertz CT molecular complexity index is 1280. The molecule has 3 heterocycles. The molecular weight excluding hydrogens is 480 g/mol. The number of aromatic nitrogens is 4. The van der Waals surface area contributed by atoms with E-state index in [4.69, 9.17) is 14.8 Å². The Labute approximate surface area is 211 Å². The maximum absolute atomic E-state index is 13.0. The minimum Gasteiger partial charge on any atom is -0.393 e. The van der Waals surface area contributed by atoms with Crippen molar-refractivity contribution in [3.05, 3.63) is 30.5 Å². The zero-order valence-corrected chi connectivity index (χ0v) is 21.5. The van der Waals surface area contributed by atoms with Gasteiger partial charge in [-0.15, -0.1) is 0 Å². The molecule has 11 heteroatoms. The van der Waals surface area contributed by atoms with Gasteiger partial charge in [-0.2, -0.15) is 14.4 Å². The maximum atomic E-state index is 13.0. The molecule has 1 aromatic carbocycles. The fraction of sp³-hybridized carbons (Fsp3) is 0.560. The molecule has 1 aliphatic carbocycles. The standard InChI is InChI=1S/C25H34N6O4S/c1-2-3-12-26-25-27-17-22-23(29-31(24(22)28-25)19-6-8-20(32)9-7-19)18-4-10-21(11-5-18)36(33,34)30-13-15-35-16-14-30/h4-5,10-11,17,19-20,32H,2-3,6-9,12-16H2,1H3,(H,26,27,28)/t19-,20+. The van der Waals surface area contributed by atoms with Crippen LogP contribution in [-0.2, 0) is 14.8 Å². The monoisotopic (exact) mass is 514 g/mol. The molecule has 0 amide bonds. The molecule has 3 aromatic rings. The van der Waals surface area contributed by atoms with Gasteiger partial charge in [0.2, 0.25) is 16.0 Å². The van der Waals surface area contributed by atoms with Gasteiger partial charge in [-0.05, 0) is 44.2 Å². The van der Waals surface area contributed by atoms with E-state index in [0.29, 0.717) is 32.3 Å². The molecule has 2 fully saturated rings. The highest BCUT2D eigenvalue weighted by Crippen LogP contribution is 2.35. The number of hydrogen-bond donors (Lipinski definition) is 2. The molecule has 0 spiro atoms. The average molecular weight is 515 g/mol. The zero-order chi connectivity index (χ0) is 25.1. The van der Waals surface area contributed by atoms with Gasteiger partial charge in [0.1, 0.15) is 5.69 Å². The normalized spacial score (nSPS) is 21.6. The van der Waals surface area contributed by atoms with Crippen molar-refractivity contribution in [1.82, 2.24) is 24.1 Å². The lowest BCUT2D eigenvalue weighted by Gasteiger charge is -2.26. The van der Waals surface area contributed by atoms with Crippen molar-refractivity contribution in [1.29, 1.82) is 0 Å². The number of nitrogens with one attached hydrogen (secondary N) is 1. The lowest BCUT2D eigenvalue weighted by molar-refractivity contribution is 0.0730. The Balaban J connectivity index is 1.49. The summed E-state index contributed by atoms with van der Waals surface area (Å²) in [6.45, 7) is 4.49. The van der Waals surface area contributed by atoms with Crippen LogP contribution in [0.5, 0.6) is 0 Å². The van der Waals surface area contributed by atoms with E-state index in [1.807, 2.05) is 4.68 Å². The van der Waals surface area contributed by atoms with Gasteiger partial charge >= 0.3 is 0 Å². The van der Waals surface area contributed by atoms with Crippen molar-refractivity contribution < 1.29 is 18.3 Å². The predicted molar refractivity (Wildman–Crippen MR) is 137 cm³/mol. The first-order chi connectivity index (χ1) is 17.5. The van der Waals surface area contributed by atoms with Crippen molar-refractivity contribution in [2.75, 3.05) is 38.2 Å². The number of aliphatic hydroxyl groups excluding tert-OH is 1. The molecule has 2 aromatic heterocycles. The van der Waals surface area contributed by atoms with E-state index < -0.39 is 10.0 Å². The number of rotatable bonds is 8. The first-order valence-electron chi connectivity index (χ1n) is 12.8. The molecule has 0 bridgehead atoms. The first kappa shape index (κ1) is 25.1. The van der Waals surface area contributed by atoms with Crippen LogP contribution in [0.1, 0.15) is 51.5 Å². The van der Waals surface area contributed by atoms with Crippen LogP contribution >= 0.6 is 0 Å². The van der Waals surface area contributed by atoms with Crippen molar-refractivity contribution in [3.63, 3.8) is 0 Å². The summed E-state index contributed by atoms with van der Waals surface area (Å²) >= 11 is 0. The Morgan fingerprint density at radius 1 is 1.11 bits per heavy atom. The predicted octanol–water partition coefficient (Wildman–Crippen LogP) is 3.20. The quantitative estimate of drug-likeness (QED) is 0.440. The first-order valence-corrected chi connectivity index (χ1v) is 14.3. The third kappa shape index (κ3) is 5.10. The molecule has 1 saturated heterocycles. The second-order valence-corrected chi connectivity index (χ2v) is 11.4. The van der Waals surface area contributed by atoms with Crippen LogP contribution in [0.15, 0.2) is 35.4 Å². The van der Waals surface area contributed by atoms with Gasteiger partial charge in [-0.25, -0.2) is 18.1 Å². The van der Waals surface area contributed by atoms with Crippen LogP contribution < -0.4 is 5.32 Å². The fourth-order valence-electron chi connectivity index (χ4n) is 4.88. The van der Waals surface area contributed by atoms with Crippen molar-refractivity contribution in [3.8, 4) is 11.3 Å². The van der Waals surface area contributed by atoms with E-state index >= 15 is 0 Å². The second-order valence-electron chi connectivity index (χ2n) is 9.51. The number of nitrogens with zero attached hydrogens (tertiary/aromatic N) is 5. The summed E-state index contributed by atoms with van der Waals surface area (Å²) < 4.78 is 34.8. The van der Waals surface area contributed by atoms with E-state index in [-0.39, 0.29) is 17.0 Å². The zero-order valence-electron chi connectivity index (χ0n) is 20.6. The smallest absolute Gasteiger partial charge is 0.243 e. The molecular formula is C25H34N6O4S. The van der Waals surface area contributed by atoms with Crippen LogP contribution in [-0.4, -0.2) is 76.5 Å². The number of ether oxygens (including phenoxy) is 1. The highest BCUT2D eigenvalue weighted by molar-refractivity contribution is 7.89. The Morgan fingerprint density at radius 3 is 2.53 bits per heavy atom. The number of anilines is 1. The number of morpholine rings is 1. The number of hydrogen-bond acceptors (Lipinski definition) is 8. The Kier molecular flexibility index (Phi) is 7.52. The average Bonchev–Trinajstić information content (AvgIpc) is 3.29. The van der Waals surface area contributed by atoms with E-state index in [2.05, 4.69) is 17.2 Å². The van der Waals surface area contributed by atoms with Crippen molar-refractivity contribution >= 4 is 27.0 Å². The van der Waals surface area contributed by atoms with Gasteiger partial charge in [-0.3, -0.25) is 0 Å². The molecule has 2 N–H and O–H groups in total. The fourth-order valence-corrected chi connectivity index (χ4v) is 6.28. The van der Waals surface area contributed by atoms with Gasteiger partial charge in [0.05, 0.1) is 35.6 Å². The number of aliphatic hydroxyl groups is 1. The molecule has 1 aliphatic heterocycles. The molecule has 36 heavy (non-hydrogen) atoms. The summed E-state index contributed by atoms with van der Waals surface area (Å²) in [6.07, 6.45) is 6.79. The van der Waals surface area contributed by atoms with Crippen LogP contribution in [0.3, 0.4) is 0 Å². The molecule has 0 atom stereocenters. The molecule has 0 unspecified atom stereocenters. The summed E-state index contributed by atoms with van der Waals surface area (Å²) in [7, 11) is -3.57. The van der Waals surface area contributed by atoms with Crippen LogP contribution in [0.4, 0.5) is 5.95 Å². The largest absolute Gasteiger partial charge is 0.393 e. The van der Waals surface area contributed by atoms with Crippen LogP contribution in [0.25, 0.3) is 22.3 Å². The lowest BCUT2D eigenvalue weighted by atomic mass is 9.93. The van der Waals surface area contributed by atoms with E-state index in [9.17, 15) is 13.5 Å². The van der Waals surface area contributed by atoms with Crippen molar-refractivity contribution in [2.24, 2.45) is 0 Å². The Morgan fingerprint density at radius 2 is 1.83 bits per heavy atom.